The van der Waals surface area contributed by atoms with Gasteiger partial charge in [0.25, 0.3) is 0 Å². The third-order valence-corrected chi connectivity index (χ3v) is 3.33. The van der Waals surface area contributed by atoms with E-state index in [9.17, 15) is 0 Å². The summed E-state index contributed by atoms with van der Waals surface area (Å²) in [5, 5.41) is 3.49. The van der Waals surface area contributed by atoms with Crippen LogP contribution in [0.3, 0.4) is 0 Å². The molecule has 14 heavy (non-hydrogen) atoms. The standard InChI is InChI=1S/C11H14BrNO/c1-14-9-5-6-10(12)11(7-9)13-8-3-2-4-8/h5-8,13H,2-4H2,1H3. The molecule has 1 aliphatic rings. The van der Waals surface area contributed by atoms with Crippen LogP contribution in [-0.2, 0) is 0 Å². The summed E-state index contributed by atoms with van der Waals surface area (Å²) in [6, 6.07) is 6.65. The van der Waals surface area contributed by atoms with Crippen molar-refractivity contribution in [2.24, 2.45) is 0 Å². The van der Waals surface area contributed by atoms with Gasteiger partial charge in [-0.25, -0.2) is 0 Å². The fourth-order valence-corrected chi connectivity index (χ4v) is 1.88. The van der Waals surface area contributed by atoms with Crippen molar-refractivity contribution in [2.45, 2.75) is 25.3 Å². The van der Waals surface area contributed by atoms with E-state index in [0.717, 1.165) is 15.9 Å². The number of anilines is 1. The average Bonchev–Trinajstić information content (AvgIpc) is 2.14. The molecule has 0 unspecified atom stereocenters. The Hall–Kier alpha value is -0.700. The third-order valence-electron chi connectivity index (χ3n) is 2.64. The molecule has 0 bridgehead atoms. The van der Waals surface area contributed by atoms with E-state index in [4.69, 9.17) is 4.74 Å². The average molecular weight is 256 g/mol. The summed E-state index contributed by atoms with van der Waals surface area (Å²) in [6.07, 6.45) is 3.91. The maximum atomic E-state index is 5.18. The van der Waals surface area contributed by atoms with Crippen molar-refractivity contribution >= 4 is 21.6 Å². The van der Waals surface area contributed by atoms with E-state index in [0.29, 0.717) is 6.04 Å². The normalized spacial score (nSPS) is 16.1. The van der Waals surface area contributed by atoms with Gasteiger partial charge in [0, 0.05) is 16.6 Å². The van der Waals surface area contributed by atoms with Crippen LogP contribution < -0.4 is 10.1 Å². The minimum absolute atomic E-state index is 0.651. The van der Waals surface area contributed by atoms with E-state index in [1.807, 2.05) is 18.2 Å². The van der Waals surface area contributed by atoms with Gasteiger partial charge in [0.1, 0.15) is 5.75 Å². The number of nitrogens with one attached hydrogen (secondary N) is 1. The predicted molar refractivity (Wildman–Crippen MR) is 62.0 cm³/mol. The Morgan fingerprint density at radius 1 is 1.43 bits per heavy atom. The Bertz CT molecular complexity index is 323. The lowest BCUT2D eigenvalue weighted by Gasteiger charge is -2.28. The van der Waals surface area contributed by atoms with E-state index in [-0.39, 0.29) is 0 Å². The number of hydrogen-bond donors (Lipinski definition) is 1. The predicted octanol–water partition coefficient (Wildman–Crippen LogP) is 3.42. The summed E-state index contributed by atoms with van der Waals surface area (Å²) in [4.78, 5) is 0. The molecule has 0 heterocycles. The van der Waals surface area contributed by atoms with E-state index >= 15 is 0 Å². The van der Waals surface area contributed by atoms with Crippen LogP contribution in [-0.4, -0.2) is 13.2 Å². The van der Waals surface area contributed by atoms with Crippen molar-refractivity contribution < 1.29 is 4.74 Å². The molecule has 0 atom stereocenters. The first-order chi connectivity index (χ1) is 6.79. The SMILES string of the molecule is COc1ccc(Br)c(NC2CCC2)c1. The summed E-state index contributed by atoms with van der Waals surface area (Å²) in [5.74, 6) is 0.898. The van der Waals surface area contributed by atoms with Crippen molar-refractivity contribution in [2.75, 3.05) is 12.4 Å². The largest absolute Gasteiger partial charge is 0.497 e. The molecule has 2 nitrogen and oxygen atoms in total. The topological polar surface area (TPSA) is 21.3 Å². The Balaban J connectivity index is 2.13. The smallest absolute Gasteiger partial charge is 0.121 e. The zero-order chi connectivity index (χ0) is 9.97. The van der Waals surface area contributed by atoms with Gasteiger partial charge in [-0.1, -0.05) is 0 Å². The molecule has 0 amide bonds. The minimum Gasteiger partial charge on any atom is -0.497 e. The lowest BCUT2D eigenvalue weighted by Crippen LogP contribution is -2.27. The summed E-state index contributed by atoms with van der Waals surface area (Å²) >= 11 is 3.52. The van der Waals surface area contributed by atoms with E-state index in [2.05, 4.69) is 21.2 Å². The number of benzene rings is 1. The van der Waals surface area contributed by atoms with Gasteiger partial charge in [-0.2, -0.15) is 0 Å². The molecule has 2 rings (SSSR count). The fraction of sp³-hybridized carbons (Fsp3) is 0.455. The van der Waals surface area contributed by atoms with Gasteiger partial charge in [-0.15, -0.1) is 0 Å². The molecule has 0 radical (unpaired) electrons. The van der Waals surface area contributed by atoms with Crippen molar-refractivity contribution in [3.05, 3.63) is 22.7 Å². The van der Waals surface area contributed by atoms with E-state index in [1.165, 1.54) is 19.3 Å². The van der Waals surface area contributed by atoms with Crippen molar-refractivity contribution in [1.82, 2.24) is 0 Å². The third kappa shape index (κ3) is 2.03. The quantitative estimate of drug-likeness (QED) is 0.894. The zero-order valence-corrected chi connectivity index (χ0v) is 9.80. The van der Waals surface area contributed by atoms with Crippen LogP contribution >= 0.6 is 15.9 Å². The molecular weight excluding hydrogens is 242 g/mol. The van der Waals surface area contributed by atoms with Crippen LogP contribution in [0.25, 0.3) is 0 Å². The molecule has 1 aliphatic carbocycles. The molecule has 1 aromatic carbocycles. The molecule has 1 N–H and O–H groups in total. The van der Waals surface area contributed by atoms with Crippen LogP contribution in [0.15, 0.2) is 22.7 Å². The molecule has 1 fully saturated rings. The number of halogens is 1. The highest BCUT2D eigenvalue weighted by molar-refractivity contribution is 9.10. The number of hydrogen-bond acceptors (Lipinski definition) is 2. The number of rotatable bonds is 3. The molecule has 0 aliphatic heterocycles. The summed E-state index contributed by atoms with van der Waals surface area (Å²) in [5.41, 5.74) is 1.13. The van der Waals surface area contributed by atoms with Gasteiger partial charge < -0.3 is 10.1 Å². The second-order valence-corrected chi connectivity index (χ2v) is 4.47. The van der Waals surface area contributed by atoms with Gasteiger partial charge >= 0.3 is 0 Å². The highest BCUT2D eigenvalue weighted by atomic mass is 79.9. The Morgan fingerprint density at radius 2 is 2.21 bits per heavy atom. The molecular formula is C11H14BrNO. The van der Waals surface area contributed by atoms with Gasteiger partial charge in [0.05, 0.1) is 12.8 Å². The lowest BCUT2D eigenvalue weighted by molar-refractivity contribution is 0.414. The fourth-order valence-electron chi connectivity index (χ4n) is 1.51. The second-order valence-electron chi connectivity index (χ2n) is 3.62. The van der Waals surface area contributed by atoms with Crippen LogP contribution in [0.4, 0.5) is 5.69 Å². The Labute approximate surface area is 92.8 Å². The minimum atomic E-state index is 0.651. The van der Waals surface area contributed by atoms with E-state index in [1.54, 1.807) is 7.11 Å². The first-order valence-corrected chi connectivity index (χ1v) is 5.69. The van der Waals surface area contributed by atoms with Gasteiger partial charge in [-0.05, 0) is 47.3 Å². The first-order valence-electron chi connectivity index (χ1n) is 4.89. The van der Waals surface area contributed by atoms with E-state index < -0.39 is 0 Å². The second kappa shape index (κ2) is 4.22. The first kappa shape index (κ1) is 9.84. The highest BCUT2D eigenvalue weighted by Gasteiger charge is 2.17. The van der Waals surface area contributed by atoms with Gasteiger partial charge in [0.2, 0.25) is 0 Å². The van der Waals surface area contributed by atoms with Crippen molar-refractivity contribution in [3.8, 4) is 5.75 Å². The molecule has 3 heteroatoms. The molecule has 0 saturated heterocycles. The maximum absolute atomic E-state index is 5.18. The molecule has 0 aromatic heterocycles. The molecule has 76 valence electrons. The highest BCUT2D eigenvalue weighted by Crippen LogP contribution is 2.31. The van der Waals surface area contributed by atoms with Crippen LogP contribution in [0.5, 0.6) is 5.75 Å². The maximum Gasteiger partial charge on any atom is 0.121 e. The molecule has 1 aromatic rings. The van der Waals surface area contributed by atoms with Crippen LogP contribution in [0, 0.1) is 0 Å². The Kier molecular flexibility index (Phi) is 2.96. The summed E-state index contributed by atoms with van der Waals surface area (Å²) < 4.78 is 6.28. The lowest BCUT2D eigenvalue weighted by atomic mass is 9.93. The molecule has 1 saturated carbocycles. The van der Waals surface area contributed by atoms with Crippen LogP contribution in [0.1, 0.15) is 19.3 Å². The Morgan fingerprint density at radius 3 is 2.79 bits per heavy atom. The zero-order valence-electron chi connectivity index (χ0n) is 8.22. The van der Waals surface area contributed by atoms with Crippen LogP contribution in [0.2, 0.25) is 0 Å². The number of ether oxygens (including phenoxy) is 1. The summed E-state index contributed by atoms with van der Waals surface area (Å²) in [6.45, 7) is 0. The van der Waals surface area contributed by atoms with Gasteiger partial charge in [-0.3, -0.25) is 0 Å². The van der Waals surface area contributed by atoms with Gasteiger partial charge in [0.15, 0.2) is 0 Å². The monoisotopic (exact) mass is 255 g/mol. The molecule has 0 spiro atoms. The number of methoxy groups -OCH3 is 1. The van der Waals surface area contributed by atoms with Crippen molar-refractivity contribution in [1.29, 1.82) is 0 Å². The summed E-state index contributed by atoms with van der Waals surface area (Å²) in [7, 11) is 1.69. The van der Waals surface area contributed by atoms with Crippen molar-refractivity contribution in [3.63, 3.8) is 0 Å².